The van der Waals surface area contributed by atoms with E-state index in [-0.39, 0.29) is 17.4 Å². The normalized spacial score (nSPS) is 19.7. The number of benzene rings is 1. The average molecular weight is 307 g/mol. The lowest BCUT2D eigenvalue weighted by Gasteiger charge is -2.20. The summed E-state index contributed by atoms with van der Waals surface area (Å²) in [5.74, 6) is 0.172. The summed E-state index contributed by atoms with van der Waals surface area (Å²) in [7, 11) is 0. The van der Waals surface area contributed by atoms with Gasteiger partial charge in [-0.1, -0.05) is 23.7 Å². The molecule has 1 saturated heterocycles. The van der Waals surface area contributed by atoms with Gasteiger partial charge in [0.1, 0.15) is 0 Å². The first-order valence-corrected chi connectivity index (χ1v) is 7.82. The Balaban J connectivity index is 1.56. The van der Waals surface area contributed by atoms with E-state index in [4.69, 9.17) is 11.6 Å². The van der Waals surface area contributed by atoms with Crippen molar-refractivity contribution in [3.8, 4) is 0 Å². The minimum Gasteiger partial charge on any atom is -0.347 e. The number of amides is 2. The van der Waals surface area contributed by atoms with Gasteiger partial charge in [-0.05, 0) is 37.0 Å². The number of halogens is 1. The summed E-state index contributed by atoms with van der Waals surface area (Å²) in [6, 6.07) is 7.66. The molecule has 1 N–H and O–H groups in total. The first kappa shape index (κ1) is 14.4. The number of carbonyl (C=O) groups is 2. The summed E-state index contributed by atoms with van der Waals surface area (Å²) in [5, 5.41) is 3.80. The lowest BCUT2D eigenvalue weighted by Crippen LogP contribution is -2.37. The molecular weight excluding hydrogens is 288 g/mol. The van der Waals surface area contributed by atoms with Crippen LogP contribution < -0.4 is 5.32 Å². The van der Waals surface area contributed by atoms with Crippen molar-refractivity contribution in [2.45, 2.75) is 37.6 Å². The molecule has 0 aromatic heterocycles. The molecule has 1 aromatic carbocycles. The van der Waals surface area contributed by atoms with E-state index in [2.05, 4.69) is 5.32 Å². The predicted octanol–water partition coefficient (Wildman–Crippen LogP) is 2.46. The summed E-state index contributed by atoms with van der Waals surface area (Å²) in [6.07, 6.45) is 3.79. The molecule has 1 aliphatic heterocycles. The van der Waals surface area contributed by atoms with Crippen LogP contribution in [-0.2, 0) is 15.1 Å². The van der Waals surface area contributed by atoms with Gasteiger partial charge >= 0.3 is 0 Å². The van der Waals surface area contributed by atoms with E-state index in [1.54, 1.807) is 4.90 Å². The zero-order valence-electron chi connectivity index (χ0n) is 11.9. The Morgan fingerprint density at radius 1 is 1.38 bits per heavy atom. The number of hydrogen-bond donors (Lipinski definition) is 1. The molecule has 1 heterocycles. The van der Waals surface area contributed by atoms with E-state index >= 15 is 0 Å². The Kier molecular flexibility index (Phi) is 3.89. The van der Waals surface area contributed by atoms with Crippen LogP contribution in [0.1, 0.15) is 37.7 Å². The van der Waals surface area contributed by atoms with Gasteiger partial charge in [-0.25, -0.2) is 0 Å². The predicted molar refractivity (Wildman–Crippen MR) is 80.9 cm³/mol. The lowest BCUT2D eigenvalue weighted by atomic mass is 10.0. The van der Waals surface area contributed by atoms with Gasteiger partial charge in [0.25, 0.3) is 0 Å². The zero-order chi connectivity index (χ0) is 14.9. The van der Waals surface area contributed by atoms with E-state index in [1.807, 2.05) is 24.3 Å². The van der Waals surface area contributed by atoms with Gasteiger partial charge in [-0.2, -0.15) is 0 Å². The third-order valence-electron chi connectivity index (χ3n) is 4.29. The Bertz CT molecular complexity index is 569. The molecule has 0 atom stereocenters. The number of likely N-dealkylation sites (tertiary alicyclic amines) is 1. The van der Waals surface area contributed by atoms with Crippen LogP contribution in [0.25, 0.3) is 0 Å². The highest BCUT2D eigenvalue weighted by Crippen LogP contribution is 2.46. The van der Waals surface area contributed by atoms with Crippen molar-refractivity contribution in [3.05, 3.63) is 34.9 Å². The van der Waals surface area contributed by atoms with Crippen molar-refractivity contribution in [1.82, 2.24) is 10.2 Å². The van der Waals surface area contributed by atoms with E-state index in [1.165, 1.54) is 0 Å². The van der Waals surface area contributed by atoms with Crippen LogP contribution in [0, 0.1) is 0 Å². The lowest BCUT2D eigenvalue weighted by molar-refractivity contribution is -0.128. The topological polar surface area (TPSA) is 49.4 Å². The van der Waals surface area contributed by atoms with Crippen LogP contribution in [0.5, 0.6) is 0 Å². The standard InChI is InChI=1S/C16H19ClN2O2/c17-13-4-1-3-12(11-13)16(7-8-16)18-14(20)6-10-19-9-2-5-15(19)21/h1,3-4,11H,2,5-10H2,(H,18,20). The van der Waals surface area contributed by atoms with Gasteiger partial charge in [0.05, 0.1) is 5.54 Å². The highest BCUT2D eigenvalue weighted by atomic mass is 35.5. The number of nitrogens with one attached hydrogen (secondary N) is 1. The smallest absolute Gasteiger partial charge is 0.222 e. The number of nitrogens with zero attached hydrogens (tertiary/aromatic N) is 1. The second-order valence-electron chi connectivity index (χ2n) is 5.87. The van der Waals surface area contributed by atoms with Crippen LogP contribution in [0.15, 0.2) is 24.3 Å². The molecule has 1 aliphatic carbocycles. The minimum absolute atomic E-state index is 0.00664. The monoisotopic (exact) mass is 306 g/mol. The highest BCUT2D eigenvalue weighted by molar-refractivity contribution is 6.30. The van der Waals surface area contributed by atoms with Crippen molar-refractivity contribution >= 4 is 23.4 Å². The summed E-state index contributed by atoms with van der Waals surface area (Å²) in [4.78, 5) is 25.4. The molecule has 112 valence electrons. The Hall–Kier alpha value is -1.55. The fraction of sp³-hybridized carbons (Fsp3) is 0.500. The molecule has 0 bridgehead atoms. The van der Waals surface area contributed by atoms with Gasteiger partial charge in [0, 0.05) is 31.0 Å². The third-order valence-corrected chi connectivity index (χ3v) is 4.52. The number of carbonyl (C=O) groups excluding carboxylic acids is 2. The molecule has 3 rings (SSSR count). The second kappa shape index (κ2) is 5.68. The van der Waals surface area contributed by atoms with Crippen LogP contribution in [0.3, 0.4) is 0 Å². The Morgan fingerprint density at radius 2 is 2.19 bits per heavy atom. The Morgan fingerprint density at radius 3 is 2.81 bits per heavy atom. The molecule has 2 aliphatic rings. The van der Waals surface area contributed by atoms with Crippen molar-refractivity contribution < 1.29 is 9.59 Å². The molecular formula is C16H19ClN2O2. The third kappa shape index (κ3) is 3.21. The summed E-state index contributed by atoms with van der Waals surface area (Å²) in [5.41, 5.74) is 0.831. The van der Waals surface area contributed by atoms with E-state index < -0.39 is 0 Å². The Labute approximate surface area is 129 Å². The molecule has 2 amide bonds. The SMILES string of the molecule is O=C(CCN1CCCC1=O)NC1(c2cccc(Cl)c2)CC1. The molecule has 1 aromatic rings. The quantitative estimate of drug-likeness (QED) is 0.908. The van der Waals surface area contributed by atoms with Crippen molar-refractivity contribution in [2.24, 2.45) is 0 Å². The van der Waals surface area contributed by atoms with Crippen LogP contribution in [0.4, 0.5) is 0 Å². The molecule has 0 unspecified atom stereocenters. The number of hydrogen-bond acceptors (Lipinski definition) is 2. The fourth-order valence-corrected chi connectivity index (χ4v) is 3.09. The fourth-order valence-electron chi connectivity index (χ4n) is 2.90. The van der Waals surface area contributed by atoms with Gasteiger partial charge in [-0.3, -0.25) is 9.59 Å². The minimum atomic E-state index is -0.239. The number of rotatable bonds is 5. The zero-order valence-corrected chi connectivity index (χ0v) is 12.7. The highest BCUT2D eigenvalue weighted by Gasteiger charge is 2.45. The first-order chi connectivity index (χ1) is 10.1. The van der Waals surface area contributed by atoms with Crippen molar-refractivity contribution in [3.63, 3.8) is 0 Å². The van der Waals surface area contributed by atoms with Crippen molar-refractivity contribution in [1.29, 1.82) is 0 Å². The summed E-state index contributed by atoms with van der Waals surface area (Å²) < 4.78 is 0. The van der Waals surface area contributed by atoms with Gasteiger partial charge in [-0.15, -0.1) is 0 Å². The summed E-state index contributed by atoms with van der Waals surface area (Å²) >= 11 is 6.02. The van der Waals surface area contributed by atoms with E-state index in [0.29, 0.717) is 24.4 Å². The molecule has 0 radical (unpaired) electrons. The first-order valence-electron chi connectivity index (χ1n) is 7.44. The van der Waals surface area contributed by atoms with E-state index in [0.717, 1.165) is 31.4 Å². The maximum absolute atomic E-state index is 12.1. The van der Waals surface area contributed by atoms with Gasteiger partial charge in [0.2, 0.25) is 11.8 Å². The maximum atomic E-state index is 12.1. The molecule has 4 nitrogen and oxygen atoms in total. The molecule has 21 heavy (non-hydrogen) atoms. The largest absolute Gasteiger partial charge is 0.347 e. The maximum Gasteiger partial charge on any atom is 0.222 e. The van der Waals surface area contributed by atoms with E-state index in [9.17, 15) is 9.59 Å². The van der Waals surface area contributed by atoms with Crippen molar-refractivity contribution in [2.75, 3.05) is 13.1 Å². The van der Waals surface area contributed by atoms with Gasteiger partial charge < -0.3 is 10.2 Å². The second-order valence-corrected chi connectivity index (χ2v) is 6.31. The molecule has 1 saturated carbocycles. The molecule has 2 fully saturated rings. The van der Waals surface area contributed by atoms with Crippen LogP contribution in [0.2, 0.25) is 5.02 Å². The van der Waals surface area contributed by atoms with Crippen LogP contribution in [-0.4, -0.2) is 29.8 Å². The van der Waals surface area contributed by atoms with Crippen LogP contribution >= 0.6 is 11.6 Å². The molecule has 0 spiro atoms. The molecule has 5 heteroatoms. The summed E-state index contributed by atoms with van der Waals surface area (Å²) in [6.45, 7) is 1.31. The average Bonchev–Trinajstić information content (AvgIpc) is 3.12. The van der Waals surface area contributed by atoms with Gasteiger partial charge in [0.15, 0.2) is 0 Å².